The predicted octanol–water partition coefficient (Wildman–Crippen LogP) is 3.75. The second-order valence-corrected chi connectivity index (χ2v) is 7.60. The summed E-state index contributed by atoms with van der Waals surface area (Å²) in [5, 5.41) is -0.0433. The Morgan fingerprint density at radius 3 is 2.57 bits per heavy atom. The molecule has 0 atom stereocenters. The van der Waals surface area contributed by atoms with E-state index in [4.69, 9.17) is 22.1 Å². The van der Waals surface area contributed by atoms with Gasteiger partial charge in [-0.2, -0.15) is 0 Å². The molecule has 0 bridgehead atoms. The van der Waals surface area contributed by atoms with Gasteiger partial charge in [0.05, 0.1) is 16.5 Å². The van der Waals surface area contributed by atoms with Crippen molar-refractivity contribution in [2.24, 2.45) is 5.73 Å². The van der Waals surface area contributed by atoms with Crippen molar-refractivity contribution < 1.29 is 19.1 Å². The molecule has 8 heteroatoms. The molecule has 1 aliphatic heterocycles. The van der Waals surface area contributed by atoms with Crippen LogP contribution >= 0.6 is 23.4 Å². The fraction of sp³-hybridized carbons (Fsp3) is 0.150. The molecule has 0 spiro atoms. The second-order valence-electron chi connectivity index (χ2n) is 6.20. The molecule has 2 aromatic carbocycles. The van der Waals surface area contributed by atoms with Crippen molar-refractivity contribution in [3.8, 4) is 5.75 Å². The quantitative estimate of drug-likeness (QED) is 0.724. The maximum absolute atomic E-state index is 12.6. The summed E-state index contributed by atoms with van der Waals surface area (Å²) >= 11 is 7.02. The maximum Gasteiger partial charge on any atom is 0.293 e. The number of amides is 3. The lowest BCUT2D eigenvalue weighted by Gasteiger charge is -2.12. The normalized spacial score (nSPS) is 15.4. The van der Waals surface area contributed by atoms with E-state index in [0.29, 0.717) is 16.2 Å². The van der Waals surface area contributed by atoms with Crippen molar-refractivity contribution >= 4 is 46.5 Å². The van der Waals surface area contributed by atoms with Crippen LogP contribution in [0.3, 0.4) is 0 Å². The van der Waals surface area contributed by atoms with Crippen LogP contribution in [0.25, 0.3) is 6.08 Å². The van der Waals surface area contributed by atoms with Crippen molar-refractivity contribution in [3.63, 3.8) is 0 Å². The van der Waals surface area contributed by atoms with E-state index in [2.05, 4.69) is 0 Å². The Hall–Kier alpha value is -2.77. The highest BCUT2D eigenvalue weighted by Crippen LogP contribution is 2.34. The highest BCUT2D eigenvalue weighted by Gasteiger charge is 2.34. The molecular formula is C20H17ClN2O4S. The van der Waals surface area contributed by atoms with E-state index >= 15 is 0 Å². The predicted molar refractivity (Wildman–Crippen MR) is 109 cm³/mol. The minimum atomic E-state index is -0.609. The fourth-order valence-electron chi connectivity index (χ4n) is 2.54. The molecule has 0 aromatic heterocycles. The average molecular weight is 417 g/mol. The summed E-state index contributed by atoms with van der Waals surface area (Å²) in [5.41, 5.74) is 7.67. The summed E-state index contributed by atoms with van der Waals surface area (Å²) in [6.45, 7) is 1.92. The van der Waals surface area contributed by atoms with Gasteiger partial charge in [-0.3, -0.25) is 19.3 Å². The number of imide groups is 1. The molecule has 3 amide bonds. The van der Waals surface area contributed by atoms with E-state index in [1.54, 1.807) is 24.3 Å². The van der Waals surface area contributed by atoms with Crippen LogP contribution in [0.2, 0.25) is 5.02 Å². The largest absolute Gasteiger partial charge is 0.482 e. The van der Waals surface area contributed by atoms with E-state index in [1.165, 1.54) is 4.90 Å². The van der Waals surface area contributed by atoms with E-state index in [1.807, 2.05) is 31.2 Å². The highest BCUT2D eigenvalue weighted by molar-refractivity contribution is 8.18. The van der Waals surface area contributed by atoms with Gasteiger partial charge >= 0.3 is 0 Å². The average Bonchev–Trinajstić information content (AvgIpc) is 2.90. The van der Waals surface area contributed by atoms with Gasteiger partial charge in [-0.05, 0) is 48.0 Å². The van der Waals surface area contributed by atoms with Crippen molar-refractivity contribution in [2.45, 2.75) is 13.5 Å². The third kappa shape index (κ3) is 4.74. The molecule has 0 saturated carbocycles. The van der Waals surface area contributed by atoms with Gasteiger partial charge in [0.25, 0.3) is 17.1 Å². The van der Waals surface area contributed by atoms with Crippen LogP contribution < -0.4 is 10.5 Å². The molecule has 144 valence electrons. The first-order valence-corrected chi connectivity index (χ1v) is 9.54. The van der Waals surface area contributed by atoms with Crippen LogP contribution in [0.4, 0.5) is 4.79 Å². The second kappa shape index (κ2) is 8.50. The molecule has 1 heterocycles. The monoisotopic (exact) mass is 416 g/mol. The number of aryl methyl sites for hydroxylation is 1. The number of hydrogen-bond acceptors (Lipinski definition) is 5. The van der Waals surface area contributed by atoms with Gasteiger partial charge in [0.2, 0.25) is 0 Å². The van der Waals surface area contributed by atoms with Gasteiger partial charge in [-0.25, -0.2) is 0 Å². The lowest BCUT2D eigenvalue weighted by molar-refractivity contribution is -0.123. The number of benzene rings is 2. The molecule has 1 aliphatic rings. The number of hydrogen-bond donors (Lipinski definition) is 1. The number of carbonyl (C=O) groups is 3. The summed E-state index contributed by atoms with van der Waals surface area (Å²) in [4.78, 5) is 37.2. The smallest absolute Gasteiger partial charge is 0.293 e. The summed E-state index contributed by atoms with van der Waals surface area (Å²) in [7, 11) is 0. The Balaban J connectivity index is 1.75. The van der Waals surface area contributed by atoms with Gasteiger partial charge in [-0.15, -0.1) is 0 Å². The Kier molecular flexibility index (Phi) is 6.06. The molecule has 6 nitrogen and oxygen atoms in total. The Morgan fingerprint density at radius 2 is 1.93 bits per heavy atom. The highest BCUT2D eigenvalue weighted by atomic mass is 35.5. The first kappa shape index (κ1) is 20.0. The third-order valence-electron chi connectivity index (χ3n) is 3.96. The number of rotatable bonds is 6. The SMILES string of the molecule is Cc1ccc(CN2C(=O)SC(=Cc3ccc(OCC(N)=O)c(Cl)c3)C2=O)cc1. The zero-order valence-electron chi connectivity index (χ0n) is 15.0. The van der Waals surface area contributed by atoms with Gasteiger partial charge in [0, 0.05) is 0 Å². The van der Waals surface area contributed by atoms with Gasteiger partial charge in [-0.1, -0.05) is 47.5 Å². The Morgan fingerprint density at radius 1 is 1.21 bits per heavy atom. The fourth-order valence-corrected chi connectivity index (χ4v) is 3.62. The van der Waals surface area contributed by atoms with Crippen LogP contribution in [0, 0.1) is 6.92 Å². The molecule has 28 heavy (non-hydrogen) atoms. The third-order valence-corrected chi connectivity index (χ3v) is 5.16. The number of nitrogens with zero attached hydrogens (tertiary/aromatic N) is 1. The van der Waals surface area contributed by atoms with E-state index in [-0.39, 0.29) is 29.3 Å². The van der Waals surface area contributed by atoms with Crippen LogP contribution in [0.15, 0.2) is 47.4 Å². The summed E-state index contributed by atoms with van der Waals surface area (Å²) < 4.78 is 5.19. The molecular weight excluding hydrogens is 400 g/mol. The maximum atomic E-state index is 12.6. The van der Waals surface area contributed by atoms with Gasteiger partial charge < -0.3 is 10.5 Å². The van der Waals surface area contributed by atoms with Crippen LogP contribution in [0.5, 0.6) is 5.75 Å². The van der Waals surface area contributed by atoms with Crippen LogP contribution in [-0.4, -0.2) is 28.6 Å². The zero-order valence-corrected chi connectivity index (χ0v) is 16.5. The number of nitrogens with two attached hydrogens (primary N) is 1. The Bertz CT molecular complexity index is 973. The minimum absolute atomic E-state index is 0.225. The van der Waals surface area contributed by atoms with Crippen LogP contribution in [-0.2, 0) is 16.1 Å². The molecule has 0 unspecified atom stereocenters. The van der Waals surface area contributed by atoms with Crippen molar-refractivity contribution in [2.75, 3.05) is 6.61 Å². The van der Waals surface area contributed by atoms with Gasteiger partial charge in [0.15, 0.2) is 6.61 Å². The molecule has 2 aromatic rings. The molecule has 1 fully saturated rings. The topological polar surface area (TPSA) is 89.7 Å². The molecule has 1 saturated heterocycles. The van der Waals surface area contributed by atoms with Crippen molar-refractivity contribution in [1.29, 1.82) is 0 Å². The van der Waals surface area contributed by atoms with Gasteiger partial charge in [0.1, 0.15) is 5.75 Å². The minimum Gasteiger partial charge on any atom is -0.482 e. The molecule has 0 radical (unpaired) electrons. The van der Waals surface area contributed by atoms with Crippen LogP contribution in [0.1, 0.15) is 16.7 Å². The van der Waals surface area contributed by atoms with E-state index in [0.717, 1.165) is 22.9 Å². The molecule has 2 N–H and O–H groups in total. The first-order chi connectivity index (χ1) is 13.3. The Labute approximate surface area is 171 Å². The van der Waals surface area contributed by atoms with Crippen molar-refractivity contribution in [1.82, 2.24) is 4.90 Å². The lowest BCUT2D eigenvalue weighted by Crippen LogP contribution is -2.27. The van der Waals surface area contributed by atoms with Crippen molar-refractivity contribution in [3.05, 3.63) is 69.1 Å². The number of thioether (sulfide) groups is 1. The zero-order chi connectivity index (χ0) is 20.3. The number of primary amides is 1. The van der Waals surface area contributed by atoms with E-state index in [9.17, 15) is 14.4 Å². The number of halogens is 1. The summed E-state index contributed by atoms with van der Waals surface area (Å²) in [6, 6.07) is 12.5. The lowest BCUT2D eigenvalue weighted by atomic mass is 10.1. The number of carbonyl (C=O) groups excluding carboxylic acids is 3. The summed E-state index contributed by atoms with van der Waals surface area (Å²) in [6.07, 6.45) is 1.60. The summed E-state index contributed by atoms with van der Waals surface area (Å²) in [5.74, 6) is -0.645. The molecule has 3 rings (SSSR count). The van der Waals surface area contributed by atoms with E-state index < -0.39 is 5.91 Å². The standard InChI is InChI=1S/C20H17ClN2O4S/c1-12-2-4-13(5-3-12)10-23-19(25)17(28-20(23)26)9-14-6-7-16(15(21)8-14)27-11-18(22)24/h2-9H,10-11H2,1H3,(H2,22,24). The first-order valence-electron chi connectivity index (χ1n) is 8.35. The number of ether oxygens (including phenoxy) is 1. The molecule has 0 aliphatic carbocycles.